The van der Waals surface area contributed by atoms with Crippen LogP contribution in [0.3, 0.4) is 0 Å². The molecule has 23 heavy (non-hydrogen) atoms. The Hall–Kier alpha value is -3.08. The van der Waals surface area contributed by atoms with Gasteiger partial charge in [-0.1, -0.05) is 24.3 Å². The summed E-state index contributed by atoms with van der Waals surface area (Å²) in [6.07, 6.45) is 1.73. The number of anilines is 1. The number of nitrogens with zero attached hydrogens (tertiary/aromatic N) is 1. The van der Waals surface area contributed by atoms with Gasteiger partial charge in [0.2, 0.25) is 0 Å². The van der Waals surface area contributed by atoms with Crippen molar-refractivity contribution in [3.63, 3.8) is 0 Å². The van der Waals surface area contributed by atoms with Gasteiger partial charge < -0.3 is 14.8 Å². The summed E-state index contributed by atoms with van der Waals surface area (Å²) in [6, 6.07) is 14.3. The van der Waals surface area contributed by atoms with Gasteiger partial charge in [-0.05, 0) is 36.8 Å². The molecule has 1 aromatic carbocycles. The second-order valence-electron chi connectivity index (χ2n) is 5.14. The molecule has 3 aromatic rings. The molecule has 0 bridgehead atoms. The highest BCUT2D eigenvalue weighted by Gasteiger charge is 2.14. The van der Waals surface area contributed by atoms with E-state index in [-0.39, 0.29) is 5.56 Å². The van der Waals surface area contributed by atoms with E-state index in [0.717, 1.165) is 11.4 Å². The monoisotopic (exact) mass is 308 g/mol. The second-order valence-corrected chi connectivity index (χ2v) is 5.14. The molecule has 0 aliphatic heterocycles. The Morgan fingerprint density at radius 1 is 1.17 bits per heavy atom. The lowest BCUT2D eigenvalue weighted by atomic mass is 10.1. The molecule has 0 aliphatic carbocycles. The number of nitrogens with one attached hydrogen (secondary N) is 1. The Labute approximate surface area is 133 Å². The first-order valence-electron chi connectivity index (χ1n) is 7.22. The summed E-state index contributed by atoms with van der Waals surface area (Å²) in [6.45, 7) is 2.46. The number of hydrogen-bond acceptors (Lipinski definition) is 4. The van der Waals surface area contributed by atoms with E-state index in [1.807, 2.05) is 25.1 Å². The van der Waals surface area contributed by atoms with E-state index in [2.05, 4.69) is 10.3 Å². The maximum atomic E-state index is 11.3. The van der Waals surface area contributed by atoms with E-state index >= 15 is 0 Å². The molecule has 116 valence electrons. The fraction of sp³-hybridized carbons (Fsp3) is 0.111. The van der Waals surface area contributed by atoms with Gasteiger partial charge in [-0.25, -0.2) is 9.78 Å². The van der Waals surface area contributed by atoms with E-state index in [9.17, 15) is 9.90 Å². The number of carboxylic acid groups (broad SMARTS) is 1. The highest BCUT2D eigenvalue weighted by molar-refractivity contribution is 5.95. The normalized spacial score (nSPS) is 10.5. The molecule has 0 unspecified atom stereocenters. The van der Waals surface area contributed by atoms with Crippen LogP contribution in [-0.4, -0.2) is 16.1 Å². The largest absolute Gasteiger partial charge is 0.478 e. The van der Waals surface area contributed by atoms with Crippen LogP contribution >= 0.6 is 0 Å². The van der Waals surface area contributed by atoms with Crippen LogP contribution in [0, 0.1) is 6.92 Å². The molecule has 0 aliphatic rings. The number of aromatic nitrogens is 1. The third kappa shape index (κ3) is 3.23. The van der Waals surface area contributed by atoms with Crippen molar-refractivity contribution in [2.45, 2.75) is 13.5 Å². The Bertz CT molecular complexity index is 840. The van der Waals surface area contributed by atoms with Crippen molar-refractivity contribution in [2.24, 2.45) is 0 Å². The van der Waals surface area contributed by atoms with Crippen LogP contribution in [0.25, 0.3) is 11.3 Å². The molecule has 2 heterocycles. The number of pyridine rings is 1. The van der Waals surface area contributed by atoms with E-state index in [0.29, 0.717) is 23.6 Å². The van der Waals surface area contributed by atoms with Crippen molar-refractivity contribution >= 4 is 11.8 Å². The van der Waals surface area contributed by atoms with E-state index in [4.69, 9.17) is 4.42 Å². The molecule has 3 rings (SSSR count). The lowest BCUT2D eigenvalue weighted by molar-refractivity contribution is 0.0697. The second kappa shape index (κ2) is 6.36. The molecule has 5 heteroatoms. The third-order valence-electron chi connectivity index (χ3n) is 3.52. The summed E-state index contributed by atoms with van der Waals surface area (Å²) < 4.78 is 5.77. The van der Waals surface area contributed by atoms with Crippen molar-refractivity contribution < 1.29 is 14.3 Å². The van der Waals surface area contributed by atoms with Gasteiger partial charge in [0.1, 0.15) is 17.3 Å². The van der Waals surface area contributed by atoms with Gasteiger partial charge in [0.25, 0.3) is 0 Å². The van der Waals surface area contributed by atoms with E-state index in [1.54, 1.807) is 36.5 Å². The highest BCUT2D eigenvalue weighted by Crippen LogP contribution is 2.26. The number of rotatable bonds is 5. The van der Waals surface area contributed by atoms with Crippen molar-refractivity contribution in [3.05, 3.63) is 71.6 Å². The van der Waals surface area contributed by atoms with Gasteiger partial charge in [0.05, 0.1) is 12.1 Å². The van der Waals surface area contributed by atoms with Crippen LogP contribution < -0.4 is 5.32 Å². The number of aryl methyl sites for hydroxylation is 1. The zero-order valence-corrected chi connectivity index (χ0v) is 12.6. The van der Waals surface area contributed by atoms with Crippen LogP contribution in [-0.2, 0) is 6.54 Å². The van der Waals surface area contributed by atoms with Crippen molar-refractivity contribution in [1.29, 1.82) is 0 Å². The number of carbonyl (C=O) groups is 1. The van der Waals surface area contributed by atoms with E-state index < -0.39 is 5.97 Å². The van der Waals surface area contributed by atoms with Crippen LogP contribution in [0.5, 0.6) is 0 Å². The van der Waals surface area contributed by atoms with Crippen molar-refractivity contribution in [2.75, 3.05) is 5.32 Å². The SMILES string of the molecule is Cc1cccnc1NCc1ccc(-c2ccccc2C(=O)O)o1. The topological polar surface area (TPSA) is 75.4 Å². The molecule has 2 N–H and O–H groups in total. The minimum atomic E-state index is -0.971. The Kier molecular flexibility index (Phi) is 4.10. The Balaban J connectivity index is 1.79. The van der Waals surface area contributed by atoms with Gasteiger partial charge in [0.15, 0.2) is 0 Å². The molecule has 0 saturated heterocycles. The Morgan fingerprint density at radius 2 is 2.00 bits per heavy atom. The summed E-state index contributed by atoms with van der Waals surface area (Å²) in [5.41, 5.74) is 1.85. The third-order valence-corrected chi connectivity index (χ3v) is 3.52. The summed E-state index contributed by atoms with van der Waals surface area (Å²) >= 11 is 0. The predicted molar refractivity (Wildman–Crippen MR) is 87.4 cm³/mol. The van der Waals surface area contributed by atoms with Crippen LogP contribution in [0.4, 0.5) is 5.82 Å². The summed E-state index contributed by atoms with van der Waals surface area (Å²) in [5, 5.41) is 12.5. The van der Waals surface area contributed by atoms with Gasteiger partial charge in [0, 0.05) is 11.8 Å². The van der Waals surface area contributed by atoms with Gasteiger partial charge in [-0.2, -0.15) is 0 Å². The fourth-order valence-corrected chi connectivity index (χ4v) is 2.34. The van der Waals surface area contributed by atoms with Crippen molar-refractivity contribution in [3.8, 4) is 11.3 Å². The molecule has 2 aromatic heterocycles. The maximum absolute atomic E-state index is 11.3. The molecule has 5 nitrogen and oxygen atoms in total. The average molecular weight is 308 g/mol. The number of aromatic carboxylic acids is 1. The first kappa shape index (κ1) is 14.8. The average Bonchev–Trinajstić information content (AvgIpc) is 3.03. The predicted octanol–water partition coefficient (Wildman–Crippen LogP) is 3.96. The summed E-state index contributed by atoms with van der Waals surface area (Å²) in [4.78, 5) is 15.6. The summed E-state index contributed by atoms with van der Waals surface area (Å²) in [7, 11) is 0. The minimum absolute atomic E-state index is 0.224. The zero-order chi connectivity index (χ0) is 16.2. The quantitative estimate of drug-likeness (QED) is 0.746. The van der Waals surface area contributed by atoms with Gasteiger partial charge in [-0.3, -0.25) is 0 Å². The molecule has 0 amide bonds. The van der Waals surface area contributed by atoms with Crippen molar-refractivity contribution in [1.82, 2.24) is 4.98 Å². The highest BCUT2D eigenvalue weighted by atomic mass is 16.4. The van der Waals surface area contributed by atoms with Crippen LogP contribution in [0.15, 0.2) is 59.1 Å². The molecular formula is C18H16N2O3. The number of hydrogen-bond donors (Lipinski definition) is 2. The standard InChI is InChI=1S/C18H16N2O3/c1-12-5-4-10-19-17(12)20-11-13-8-9-16(23-13)14-6-2-3-7-15(14)18(21)22/h2-10H,11H2,1H3,(H,19,20)(H,21,22). The van der Waals surface area contributed by atoms with Gasteiger partial charge in [-0.15, -0.1) is 0 Å². The number of carboxylic acids is 1. The lowest BCUT2D eigenvalue weighted by Gasteiger charge is -2.06. The molecular weight excluding hydrogens is 292 g/mol. The molecule has 0 fully saturated rings. The molecule has 0 atom stereocenters. The number of furan rings is 1. The van der Waals surface area contributed by atoms with Crippen LogP contribution in [0.1, 0.15) is 21.7 Å². The summed E-state index contributed by atoms with van der Waals surface area (Å²) in [5.74, 6) is 1.08. The first-order chi connectivity index (χ1) is 11.1. The maximum Gasteiger partial charge on any atom is 0.336 e. The zero-order valence-electron chi connectivity index (χ0n) is 12.6. The number of benzene rings is 1. The lowest BCUT2D eigenvalue weighted by Crippen LogP contribution is -2.01. The van der Waals surface area contributed by atoms with Crippen LogP contribution in [0.2, 0.25) is 0 Å². The van der Waals surface area contributed by atoms with E-state index in [1.165, 1.54) is 0 Å². The molecule has 0 spiro atoms. The molecule has 0 radical (unpaired) electrons. The smallest absolute Gasteiger partial charge is 0.336 e. The van der Waals surface area contributed by atoms with Gasteiger partial charge >= 0.3 is 5.97 Å². The Morgan fingerprint density at radius 3 is 2.78 bits per heavy atom. The first-order valence-corrected chi connectivity index (χ1v) is 7.22. The molecule has 0 saturated carbocycles. The fourth-order valence-electron chi connectivity index (χ4n) is 2.34. The minimum Gasteiger partial charge on any atom is -0.478 e.